The molecule has 2 atom stereocenters. The lowest BCUT2D eigenvalue weighted by Crippen LogP contribution is -2.27. The Labute approximate surface area is 175 Å². The molecule has 2 aromatic heterocycles. The van der Waals surface area contributed by atoms with Gasteiger partial charge in [0.25, 0.3) is 6.47 Å². The van der Waals surface area contributed by atoms with Crippen molar-refractivity contribution in [1.82, 2.24) is 14.5 Å². The highest BCUT2D eigenvalue weighted by atomic mass is 16.5. The number of rotatable bonds is 2. The smallest absolute Gasteiger partial charge is 0.290 e. The molecule has 1 aliphatic heterocycles. The molecule has 2 aliphatic rings. The van der Waals surface area contributed by atoms with Gasteiger partial charge in [0, 0.05) is 24.0 Å². The Morgan fingerprint density at radius 2 is 2.03 bits per heavy atom. The van der Waals surface area contributed by atoms with Crippen LogP contribution in [0.4, 0.5) is 5.69 Å². The van der Waals surface area contributed by atoms with Crippen molar-refractivity contribution in [3.8, 4) is 0 Å². The van der Waals surface area contributed by atoms with Gasteiger partial charge in [-0.3, -0.25) is 9.78 Å². The molecule has 1 aromatic carbocycles. The number of aromatic nitrogens is 3. The lowest BCUT2D eigenvalue weighted by Gasteiger charge is -2.31. The first-order chi connectivity index (χ1) is 14.7. The average molecular weight is 406 g/mol. The van der Waals surface area contributed by atoms with Gasteiger partial charge in [-0.15, -0.1) is 0 Å². The third-order valence-corrected chi connectivity index (χ3v) is 6.20. The van der Waals surface area contributed by atoms with Crippen LogP contribution in [0.1, 0.15) is 63.2 Å². The minimum absolute atomic E-state index is 0.250. The van der Waals surface area contributed by atoms with Crippen molar-refractivity contribution in [3.63, 3.8) is 0 Å². The fraction of sp³-hybridized carbons (Fsp3) is 0.478. The normalized spacial score (nSPS) is 21.9. The summed E-state index contributed by atoms with van der Waals surface area (Å²) in [5.41, 5.74) is 3.72. The molecular weight excluding hydrogens is 380 g/mol. The predicted molar refractivity (Wildman–Crippen MR) is 115 cm³/mol. The van der Waals surface area contributed by atoms with Gasteiger partial charge in [0.2, 0.25) is 0 Å². The van der Waals surface area contributed by atoms with E-state index in [1.807, 2.05) is 24.4 Å². The summed E-state index contributed by atoms with van der Waals surface area (Å²) in [7, 11) is 0. The minimum atomic E-state index is -0.250. The molecule has 1 aliphatic carbocycles. The van der Waals surface area contributed by atoms with Gasteiger partial charge in [-0.05, 0) is 44.7 Å². The van der Waals surface area contributed by atoms with Crippen LogP contribution < -0.4 is 0 Å². The van der Waals surface area contributed by atoms with Crippen LogP contribution in [0.25, 0.3) is 26.8 Å². The molecule has 0 amide bonds. The van der Waals surface area contributed by atoms with Crippen LogP contribution in [0.2, 0.25) is 0 Å². The van der Waals surface area contributed by atoms with Crippen LogP contribution in [-0.4, -0.2) is 38.8 Å². The average Bonchev–Trinajstić information content (AvgIpc) is 3.41. The van der Waals surface area contributed by atoms with Crippen molar-refractivity contribution in [2.24, 2.45) is 0 Å². The van der Waals surface area contributed by atoms with Gasteiger partial charge in [-0.2, -0.15) is 0 Å². The van der Waals surface area contributed by atoms with Gasteiger partial charge in [-0.1, -0.05) is 18.9 Å². The third-order valence-electron chi connectivity index (χ3n) is 6.20. The van der Waals surface area contributed by atoms with Crippen molar-refractivity contribution >= 4 is 34.1 Å². The first-order valence-electron chi connectivity index (χ1n) is 10.5. The monoisotopic (exact) mass is 406 g/mol. The molecule has 0 bridgehead atoms. The Morgan fingerprint density at radius 1 is 1.27 bits per heavy atom. The lowest BCUT2D eigenvalue weighted by atomic mass is 10.0. The molecule has 3 heterocycles. The van der Waals surface area contributed by atoms with Crippen LogP contribution in [0.15, 0.2) is 24.4 Å². The number of ether oxygens (including phenoxy) is 1. The SMILES string of the molecule is O=CO.[C-]#[N+]c1ccc2ncc3nc(C4CCCC4)n([C@@H]4CCO[C@H](C)C4)c3c2c1. The van der Waals surface area contributed by atoms with E-state index in [0.29, 0.717) is 17.6 Å². The van der Waals surface area contributed by atoms with E-state index in [4.69, 9.17) is 26.2 Å². The molecule has 1 N–H and O–H groups in total. The molecule has 5 rings (SSSR count). The van der Waals surface area contributed by atoms with E-state index in [1.54, 1.807) is 0 Å². The number of carbonyl (C=O) groups is 1. The van der Waals surface area contributed by atoms with Crippen LogP contribution in [0.3, 0.4) is 0 Å². The van der Waals surface area contributed by atoms with Crippen molar-refractivity contribution < 1.29 is 14.6 Å². The number of hydrogen-bond acceptors (Lipinski definition) is 4. The van der Waals surface area contributed by atoms with E-state index in [1.165, 1.54) is 31.5 Å². The molecule has 7 nitrogen and oxygen atoms in total. The minimum Gasteiger partial charge on any atom is -0.483 e. The van der Waals surface area contributed by atoms with Crippen molar-refractivity contribution in [1.29, 1.82) is 0 Å². The lowest BCUT2D eigenvalue weighted by molar-refractivity contribution is -0.122. The van der Waals surface area contributed by atoms with Gasteiger partial charge in [0.05, 0.1) is 29.9 Å². The van der Waals surface area contributed by atoms with Gasteiger partial charge >= 0.3 is 0 Å². The fourth-order valence-electron chi connectivity index (χ4n) is 4.90. The number of nitrogens with zero attached hydrogens (tertiary/aromatic N) is 4. The Hall–Kier alpha value is -2.98. The van der Waals surface area contributed by atoms with E-state index in [9.17, 15) is 0 Å². The highest BCUT2D eigenvalue weighted by molar-refractivity contribution is 6.03. The summed E-state index contributed by atoms with van der Waals surface area (Å²) in [6.07, 6.45) is 9.23. The Balaban J connectivity index is 0.000000687. The molecular formula is C23H26N4O3. The molecule has 30 heavy (non-hydrogen) atoms. The molecule has 7 heteroatoms. The molecule has 3 aromatic rings. The van der Waals surface area contributed by atoms with Gasteiger partial charge < -0.3 is 14.4 Å². The maximum atomic E-state index is 8.36. The van der Waals surface area contributed by atoms with Crippen molar-refractivity contribution in [2.75, 3.05) is 6.61 Å². The van der Waals surface area contributed by atoms with Crippen LogP contribution in [0.5, 0.6) is 0 Å². The fourth-order valence-corrected chi connectivity index (χ4v) is 4.90. The van der Waals surface area contributed by atoms with Crippen molar-refractivity contribution in [2.45, 2.75) is 63.5 Å². The second-order valence-corrected chi connectivity index (χ2v) is 8.09. The highest BCUT2D eigenvalue weighted by Crippen LogP contribution is 2.40. The number of pyridine rings is 1. The summed E-state index contributed by atoms with van der Waals surface area (Å²) in [4.78, 5) is 21.7. The molecule has 2 fully saturated rings. The van der Waals surface area contributed by atoms with Gasteiger partial charge in [-0.25, -0.2) is 9.83 Å². The molecule has 0 unspecified atom stereocenters. The molecule has 156 valence electrons. The van der Waals surface area contributed by atoms with Gasteiger partial charge in [0.1, 0.15) is 11.3 Å². The summed E-state index contributed by atoms with van der Waals surface area (Å²) >= 11 is 0. The number of hydrogen-bond donors (Lipinski definition) is 1. The summed E-state index contributed by atoms with van der Waals surface area (Å²) in [6.45, 7) is 10.1. The standard InChI is InChI=1S/C22H24N4O.CH2O2/c1-14-11-17(9-10-27-14)26-21-18-12-16(23-2)7-8-19(18)24-13-20(21)25-22(26)15-5-3-4-6-15;2-1-3/h7-8,12-15,17H,3-6,9-11H2,1H3;1H,(H,2,3)/t14-,17-;/m1./s1. The number of carboxylic acid groups (broad SMARTS) is 1. The van der Waals surface area contributed by atoms with Gasteiger partial charge in [0.15, 0.2) is 5.69 Å². The van der Waals surface area contributed by atoms with E-state index >= 15 is 0 Å². The molecule has 1 saturated carbocycles. The number of fused-ring (bicyclic) bond motifs is 3. The Kier molecular flexibility index (Phi) is 5.96. The van der Waals surface area contributed by atoms with E-state index in [0.717, 1.165) is 41.4 Å². The van der Waals surface area contributed by atoms with Crippen LogP contribution in [-0.2, 0) is 9.53 Å². The maximum Gasteiger partial charge on any atom is 0.290 e. The van der Waals surface area contributed by atoms with E-state index in [2.05, 4.69) is 21.3 Å². The second-order valence-electron chi connectivity index (χ2n) is 8.09. The van der Waals surface area contributed by atoms with Crippen LogP contribution in [0, 0.1) is 6.57 Å². The molecule has 0 radical (unpaired) electrons. The Morgan fingerprint density at radius 3 is 2.73 bits per heavy atom. The topological polar surface area (TPSA) is 81.6 Å². The summed E-state index contributed by atoms with van der Waals surface area (Å²) in [6, 6.07) is 6.19. The summed E-state index contributed by atoms with van der Waals surface area (Å²) in [5.74, 6) is 1.76. The Bertz CT molecular complexity index is 1100. The number of imidazole rings is 1. The van der Waals surface area contributed by atoms with E-state index < -0.39 is 0 Å². The third kappa shape index (κ3) is 3.75. The first-order valence-corrected chi connectivity index (χ1v) is 10.5. The molecule has 1 saturated heterocycles. The second kappa shape index (κ2) is 8.80. The summed E-state index contributed by atoms with van der Waals surface area (Å²) < 4.78 is 8.32. The van der Waals surface area contributed by atoms with Crippen molar-refractivity contribution in [3.05, 3.63) is 41.6 Å². The molecule has 0 spiro atoms. The maximum absolute atomic E-state index is 8.36. The summed E-state index contributed by atoms with van der Waals surface area (Å²) in [5, 5.41) is 7.94. The quantitative estimate of drug-likeness (QED) is 0.465. The first kappa shape index (κ1) is 20.3. The zero-order valence-electron chi connectivity index (χ0n) is 17.1. The van der Waals surface area contributed by atoms with Crippen LogP contribution >= 0.6 is 0 Å². The van der Waals surface area contributed by atoms with E-state index in [-0.39, 0.29) is 12.6 Å². The largest absolute Gasteiger partial charge is 0.483 e. The predicted octanol–water partition coefficient (Wildman–Crippen LogP) is 5.23. The zero-order chi connectivity index (χ0) is 21.1. The highest BCUT2D eigenvalue weighted by Gasteiger charge is 2.30. The zero-order valence-corrected chi connectivity index (χ0v) is 17.1. The number of benzene rings is 1.